The second kappa shape index (κ2) is 12.6. The highest BCUT2D eigenvalue weighted by Crippen LogP contribution is 2.34. The van der Waals surface area contributed by atoms with Gasteiger partial charge in [-0.05, 0) is 38.4 Å². The van der Waals surface area contributed by atoms with Crippen molar-refractivity contribution >= 4 is 33.3 Å². The Labute approximate surface area is 231 Å². The molecule has 0 spiro atoms. The zero-order valence-electron chi connectivity index (χ0n) is 21.9. The zero-order valence-corrected chi connectivity index (χ0v) is 22.7. The van der Waals surface area contributed by atoms with E-state index < -0.39 is 0 Å². The summed E-state index contributed by atoms with van der Waals surface area (Å²) < 4.78 is 6.03. The summed E-state index contributed by atoms with van der Waals surface area (Å²) in [4.78, 5) is 30.3. The Hall–Kier alpha value is -4.18. The molecule has 5 aromatic rings. The minimum absolute atomic E-state index is 0.271. The molecule has 0 saturated heterocycles. The monoisotopic (exact) mass is 538 g/mol. The third kappa shape index (κ3) is 6.83. The molecule has 8 nitrogen and oxygen atoms in total. The number of anilines is 1. The van der Waals surface area contributed by atoms with Crippen molar-refractivity contribution in [2.75, 3.05) is 45.7 Å². The van der Waals surface area contributed by atoms with Crippen LogP contribution in [0.25, 0.3) is 32.2 Å². The van der Waals surface area contributed by atoms with Crippen molar-refractivity contribution in [3.63, 3.8) is 0 Å². The Bertz CT molecular complexity index is 1520. The van der Waals surface area contributed by atoms with Gasteiger partial charge in [0, 0.05) is 49.1 Å². The van der Waals surface area contributed by atoms with E-state index in [1.807, 2.05) is 86.9 Å². The molecule has 39 heavy (non-hydrogen) atoms. The third-order valence-electron chi connectivity index (χ3n) is 5.96. The molecule has 0 aliphatic carbocycles. The number of para-hydroxylation sites is 1. The third-order valence-corrected chi connectivity index (χ3v) is 6.97. The van der Waals surface area contributed by atoms with Gasteiger partial charge in [-0.25, -0.2) is 15.0 Å². The number of amides is 1. The van der Waals surface area contributed by atoms with Gasteiger partial charge in [-0.3, -0.25) is 4.79 Å². The van der Waals surface area contributed by atoms with E-state index in [0.29, 0.717) is 30.3 Å². The van der Waals surface area contributed by atoms with Crippen LogP contribution in [0.1, 0.15) is 10.5 Å². The first-order valence-corrected chi connectivity index (χ1v) is 13.6. The second-order valence-electron chi connectivity index (χ2n) is 9.19. The number of benzene rings is 2. The number of pyridine rings is 2. The van der Waals surface area contributed by atoms with Gasteiger partial charge in [0.05, 0.1) is 11.4 Å². The molecule has 9 heteroatoms. The van der Waals surface area contributed by atoms with Crippen molar-refractivity contribution in [2.45, 2.75) is 0 Å². The second-order valence-corrected chi connectivity index (χ2v) is 10.2. The zero-order chi connectivity index (χ0) is 27.0. The number of carbonyl (C=O) groups excluding carboxylic acids is 1. The van der Waals surface area contributed by atoms with Crippen LogP contribution >= 0.6 is 11.3 Å². The van der Waals surface area contributed by atoms with Crippen LogP contribution in [-0.2, 0) is 0 Å². The molecule has 198 valence electrons. The fraction of sp³-hybridized carbons (Fsp3) is 0.200. The van der Waals surface area contributed by atoms with E-state index in [1.165, 1.54) is 11.3 Å². The van der Waals surface area contributed by atoms with Crippen LogP contribution in [0, 0.1) is 0 Å². The molecule has 0 unspecified atom stereocenters. The smallest absolute Gasteiger partial charge is 0.274 e. The predicted octanol–water partition coefficient (Wildman–Crippen LogP) is 5.20. The Balaban J connectivity index is 1.38. The number of rotatable bonds is 11. The van der Waals surface area contributed by atoms with Gasteiger partial charge in [-0.1, -0.05) is 53.8 Å². The van der Waals surface area contributed by atoms with Crippen LogP contribution in [-0.4, -0.2) is 66.1 Å². The number of hydrogen-bond acceptors (Lipinski definition) is 8. The highest BCUT2D eigenvalue weighted by Gasteiger charge is 2.17. The maximum absolute atomic E-state index is 13.5. The maximum atomic E-state index is 13.5. The first-order chi connectivity index (χ1) is 19.1. The number of nitrogens with zero attached hydrogens (tertiary/aromatic N) is 4. The summed E-state index contributed by atoms with van der Waals surface area (Å²) in [5.41, 5.74) is 4.16. The average Bonchev–Trinajstić information content (AvgIpc) is 3.39. The molecule has 0 aliphatic rings. The van der Waals surface area contributed by atoms with Crippen molar-refractivity contribution in [3.8, 4) is 27.6 Å². The summed E-state index contributed by atoms with van der Waals surface area (Å²) in [5.74, 6) is 0.266. The van der Waals surface area contributed by atoms with Gasteiger partial charge in [0.1, 0.15) is 33.4 Å². The minimum atomic E-state index is -0.326. The van der Waals surface area contributed by atoms with E-state index in [0.717, 1.165) is 39.6 Å². The molecular weight excluding hydrogens is 508 g/mol. The van der Waals surface area contributed by atoms with Gasteiger partial charge < -0.3 is 20.3 Å². The highest BCUT2D eigenvalue weighted by atomic mass is 32.1. The topological polar surface area (TPSA) is 92.3 Å². The normalized spacial score (nSPS) is 11.2. The Morgan fingerprint density at radius 1 is 0.949 bits per heavy atom. The van der Waals surface area contributed by atoms with Crippen molar-refractivity contribution in [1.29, 1.82) is 0 Å². The summed E-state index contributed by atoms with van der Waals surface area (Å²) in [6, 6.07) is 24.7. The average molecular weight is 539 g/mol. The van der Waals surface area contributed by atoms with Crippen LogP contribution in [0.15, 0.2) is 85.1 Å². The van der Waals surface area contributed by atoms with Crippen molar-refractivity contribution in [1.82, 2.24) is 25.2 Å². The number of ether oxygens (including phenoxy) is 1. The lowest BCUT2D eigenvalue weighted by Crippen LogP contribution is -2.29. The molecule has 2 aromatic carbocycles. The summed E-state index contributed by atoms with van der Waals surface area (Å²) in [5, 5.41) is 7.19. The van der Waals surface area contributed by atoms with Crippen molar-refractivity contribution in [2.24, 2.45) is 0 Å². The lowest BCUT2D eigenvalue weighted by molar-refractivity contribution is 0.102. The highest BCUT2D eigenvalue weighted by molar-refractivity contribution is 7.21. The van der Waals surface area contributed by atoms with Gasteiger partial charge >= 0.3 is 0 Å². The molecule has 3 aromatic heterocycles. The number of hydrogen-bond donors (Lipinski definition) is 2. The molecule has 5 rings (SSSR count). The number of carbonyl (C=O) groups is 1. The first kappa shape index (κ1) is 26.4. The lowest BCUT2D eigenvalue weighted by Gasteiger charge is -2.13. The predicted molar refractivity (Wildman–Crippen MR) is 157 cm³/mol. The number of nitrogens with one attached hydrogen (secondary N) is 2. The van der Waals surface area contributed by atoms with Gasteiger partial charge in [0.2, 0.25) is 0 Å². The van der Waals surface area contributed by atoms with Gasteiger partial charge in [-0.2, -0.15) is 0 Å². The first-order valence-electron chi connectivity index (χ1n) is 12.7. The minimum Gasteiger partial charge on any atom is -0.492 e. The lowest BCUT2D eigenvalue weighted by atomic mass is 10.1. The van der Waals surface area contributed by atoms with E-state index >= 15 is 0 Å². The van der Waals surface area contributed by atoms with Gasteiger partial charge in [-0.15, -0.1) is 0 Å². The fourth-order valence-corrected chi connectivity index (χ4v) is 4.93. The van der Waals surface area contributed by atoms with E-state index in [2.05, 4.69) is 25.5 Å². The summed E-state index contributed by atoms with van der Waals surface area (Å²) in [6.07, 6.45) is 1.75. The van der Waals surface area contributed by atoms with Gasteiger partial charge in [0.25, 0.3) is 5.91 Å². The molecule has 0 radical (unpaired) electrons. The Kier molecular flexibility index (Phi) is 8.52. The summed E-state index contributed by atoms with van der Waals surface area (Å²) >= 11 is 1.49. The van der Waals surface area contributed by atoms with Crippen LogP contribution in [0.5, 0.6) is 5.75 Å². The number of fused-ring (bicyclic) bond motifs is 1. The van der Waals surface area contributed by atoms with Crippen LogP contribution in [0.3, 0.4) is 0 Å². The fourth-order valence-electron chi connectivity index (χ4n) is 3.98. The standard InChI is InChI=1S/C30H30N6O2S/c1-36(2)17-15-31-16-18-38-22-19-26(21-9-4-3-5-10-21)33-27(20-22)28(37)34-24-12-7-6-11-23(24)29-35-25-13-8-14-32-30(25)39-29/h3-14,19-20,31H,15-18H2,1-2H3,(H,34,37). The molecule has 0 bridgehead atoms. The van der Waals surface area contributed by atoms with Crippen molar-refractivity contribution in [3.05, 3.63) is 90.8 Å². The molecule has 2 N–H and O–H groups in total. The van der Waals surface area contributed by atoms with E-state index in [4.69, 9.17) is 9.72 Å². The quantitative estimate of drug-likeness (QED) is 0.223. The van der Waals surface area contributed by atoms with Crippen LogP contribution < -0.4 is 15.4 Å². The maximum Gasteiger partial charge on any atom is 0.274 e. The van der Waals surface area contributed by atoms with Crippen molar-refractivity contribution < 1.29 is 9.53 Å². The van der Waals surface area contributed by atoms with Gasteiger partial charge in [0.15, 0.2) is 0 Å². The molecule has 0 saturated carbocycles. The number of likely N-dealkylation sites (N-methyl/N-ethyl adjacent to an activating group) is 1. The largest absolute Gasteiger partial charge is 0.492 e. The van der Waals surface area contributed by atoms with E-state index in [1.54, 1.807) is 12.3 Å². The van der Waals surface area contributed by atoms with E-state index in [9.17, 15) is 4.79 Å². The number of thiazole rings is 1. The molecule has 0 fully saturated rings. The Morgan fingerprint density at radius 3 is 2.59 bits per heavy atom. The molecule has 1 amide bonds. The van der Waals surface area contributed by atoms with E-state index in [-0.39, 0.29) is 11.6 Å². The molecule has 3 heterocycles. The molecule has 0 aliphatic heterocycles. The Morgan fingerprint density at radius 2 is 1.77 bits per heavy atom. The van der Waals surface area contributed by atoms with Crippen LogP contribution in [0.4, 0.5) is 5.69 Å². The molecule has 0 atom stereocenters. The SMILES string of the molecule is CN(C)CCNCCOc1cc(C(=O)Nc2ccccc2-c2nc3cccnc3s2)nc(-c2ccccc2)c1. The molecular formula is C30H30N6O2S. The van der Waals surface area contributed by atoms with Crippen LogP contribution in [0.2, 0.25) is 0 Å². The summed E-state index contributed by atoms with van der Waals surface area (Å²) in [7, 11) is 4.09. The summed E-state index contributed by atoms with van der Waals surface area (Å²) in [6.45, 7) is 3.00. The number of aromatic nitrogens is 3.